The van der Waals surface area contributed by atoms with Crippen molar-refractivity contribution in [2.24, 2.45) is 10.9 Å². The summed E-state index contributed by atoms with van der Waals surface area (Å²) in [5, 5.41) is 10.2. The lowest BCUT2D eigenvalue weighted by Crippen LogP contribution is -2.36. The molecule has 0 atom stereocenters. The Bertz CT molecular complexity index is 700. The van der Waals surface area contributed by atoms with Gasteiger partial charge in [0.2, 0.25) is 5.89 Å². The summed E-state index contributed by atoms with van der Waals surface area (Å²) < 4.78 is 11.0. The molecule has 1 aliphatic carbocycles. The fourth-order valence-corrected chi connectivity index (χ4v) is 2.25. The molecule has 1 aromatic carbocycles. The molecule has 7 nitrogen and oxygen atoms in total. The highest BCUT2D eigenvalue weighted by molar-refractivity contribution is 14.0. The average Bonchev–Trinajstić information content (AvgIpc) is 3.34. The highest BCUT2D eigenvalue weighted by Gasteiger charge is 2.22. The van der Waals surface area contributed by atoms with Gasteiger partial charge in [0.1, 0.15) is 5.75 Å². The van der Waals surface area contributed by atoms with Gasteiger partial charge in [-0.3, -0.25) is 4.99 Å². The lowest BCUT2D eigenvalue weighted by Gasteiger charge is -2.14. The number of aryl methyl sites for hydroxylation is 1. The third kappa shape index (κ3) is 6.18. The number of hydrogen-bond acceptors (Lipinski definition) is 5. The number of hydrogen-bond donors (Lipinski definition) is 2. The van der Waals surface area contributed by atoms with Gasteiger partial charge >= 0.3 is 0 Å². The van der Waals surface area contributed by atoms with Crippen LogP contribution in [0.1, 0.15) is 30.1 Å². The maximum atomic E-state index is 5.93. The van der Waals surface area contributed by atoms with E-state index < -0.39 is 0 Å². The van der Waals surface area contributed by atoms with Crippen LogP contribution in [0.25, 0.3) is 0 Å². The summed E-state index contributed by atoms with van der Waals surface area (Å²) in [7, 11) is 1.73. The number of nitrogens with one attached hydrogen (secondary N) is 2. The molecule has 0 amide bonds. The molecule has 1 aliphatic rings. The molecule has 1 fully saturated rings. The minimum absolute atomic E-state index is 0. The fraction of sp³-hybridized carbons (Fsp3) is 0.471. The number of nitrogens with zero attached hydrogens (tertiary/aromatic N) is 3. The number of benzene rings is 1. The summed E-state index contributed by atoms with van der Waals surface area (Å²) in [6, 6.07) is 8.08. The monoisotopic (exact) mass is 457 g/mol. The first kappa shape index (κ1) is 19.5. The molecule has 0 saturated heterocycles. The second kappa shape index (κ2) is 9.59. The molecule has 1 heterocycles. The smallest absolute Gasteiger partial charge is 0.246 e. The summed E-state index contributed by atoms with van der Waals surface area (Å²) in [6.45, 7) is 3.66. The van der Waals surface area contributed by atoms with Crippen LogP contribution in [0.5, 0.6) is 5.75 Å². The highest BCUT2D eigenvalue weighted by Crippen LogP contribution is 2.30. The van der Waals surface area contributed by atoms with Crippen LogP contribution in [0.3, 0.4) is 0 Å². The summed E-state index contributed by atoms with van der Waals surface area (Å²) >= 11 is 0. The molecule has 0 aliphatic heterocycles. The Kier molecular flexibility index (Phi) is 7.48. The molecule has 136 valence electrons. The molecule has 25 heavy (non-hydrogen) atoms. The molecule has 0 radical (unpaired) electrons. The van der Waals surface area contributed by atoms with Crippen LogP contribution >= 0.6 is 24.0 Å². The number of guanidine groups is 1. The van der Waals surface area contributed by atoms with Gasteiger partial charge in [-0.05, 0) is 31.7 Å². The standard InChI is InChI=1S/C17H23N5O2.HI/c1-12-21-16(24-22-12)10-20-17(18-2)19-9-14-5-3-4-6-15(14)23-11-13-7-8-13;/h3-6,13H,7-11H2,1-2H3,(H2,18,19,20);1H. The normalized spacial score (nSPS) is 13.9. The predicted octanol–water partition coefficient (Wildman–Crippen LogP) is 2.65. The highest BCUT2D eigenvalue weighted by atomic mass is 127. The van der Waals surface area contributed by atoms with Crippen molar-refractivity contribution >= 4 is 29.9 Å². The first-order valence-electron chi connectivity index (χ1n) is 8.19. The molecule has 3 rings (SSSR count). The van der Waals surface area contributed by atoms with E-state index in [4.69, 9.17) is 9.26 Å². The zero-order valence-electron chi connectivity index (χ0n) is 14.5. The third-order valence-corrected chi connectivity index (χ3v) is 3.79. The molecule has 8 heteroatoms. The van der Waals surface area contributed by atoms with Crippen LogP contribution in [0.15, 0.2) is 33.8 Å². The summed E-state index contributed by atoms with van der Waals surface area (Å²) in [5.41, 5.74) is 1.11. The Balaban J connectivity index is 0.00000225. The van der Waals surface area contributed by atoms with Crippen LogP contribution in [0, 0.1) is 12.8 Å². The largest absolute Gasteiger partial charge is 0.493 e. The number of halogens is 1. The van der Waals surface area contributed by atoms with Gasteiger partial charge in [0.25, 0.3) is 0 Å². The molecular weight excluding hydrogens is 433 g/mol. The molecular formula is C17H24IN5O2. The lowest BCUT2D eigenvalue weighted by molar-refractivity contribution is 0.296. The van der Waals surface area contributed by atoms with Gasteiger partial charge in [-0.25, -0.2) is 0 Å². The molecule has 1 aromatic heterocycles. The summed E-state index contributed by atoms with van der Waals surface area (Å²) in [5.74, 6) is 3.49. The fourth-order valence-electron chi connectivity index (χ4n) is 2.25. The molecule has 0 bridgehead atoms. The van der Waals surface area contributed by atoms with Gasteiger partial charge in [0.05, 0.1) is 13.2 Å². The van der Waals surface area contributed by atoms with E-state index in [2.05, 4.69) is 31.8 Å². The third-order valence-electron chi connectivity index (χ3n) is 3.79. The first-order chi connectivity index (χ1) is 11.7. The van der Waals surface area contributed by atoms with Crippen molar-refractivity contribution in [1.29, 1.82) is 0 Å². The minimum atomic E-state index is 0. The van der Waals surface area contributed by atoms with Gasteiger partial charge in [0.15, 0.2) is 11.8 Å². The molecule has 0 spiro atoms. The average molecular weight is 457 g/mol. The van der Waals surface area contributed by atoms with Crippen LogP contribution in [-0.4, -0.2) is 29.8 Å². The van der Waals surface area contributed by atoms with E-state index >= 15 is 0 Å². The number of ether oxygens (including phenoxy) is 1. The van der Waals surface area contributed by atoms with Gasteiger partial charge in [0, 0.05) is 19.2 Å². The second-order valence-corrected chi connectivity index (χ2v) is 5.88. The van der Waals surface area contributed by atoms with Crippen LogP contribution in [-0.2, 0) is 13.1 Å². The topological polar surface area (TPSA) is 84.6 Å². The van der Waals surface area contributed by atoms with Crippen molar-refractivity contribution in [2.75, 3.05) is 13.7 Å². The predicted molar refractivity (Wildman–Crippen MR) is 106 cm³/mol. The van der Waals surface area contributed by atoms with Crippen molar-refractivity contribution in [3.05, 3.63) is 41.5 Å². The van der Waals surface area contributed by atoms with Crippen molar-refractivity contribution < 1.29 is 9.26 Å². The van der Waals surface area contributed by atoms with Gasteiger partial charge < -0.3 is 19.9 Å². The summed E-state index contributed by atoms with van der Waals surface area (Å²) in [6.07, 6.45) is 2.57. The van der Waals surface area contributed by atoms with Crippen molar-refractivity contribution in [3.8, 4) is 5.75 Å². The Morgan fingerprint density at radius 3 is 2.72 bits per heavy atom. The zero-order chi connectivity index (χ0) is 16.8. The Morgan fingerprint density at radius 2 is 2.04 bits per heavy atom. The lowest BCUT2D eigenvalue weighted by atomic mass is 10.2. The minimum Gasteiger partial charge on any atom is -0.493 e. The Labute approximate surface area is 164 Å². The quantitative estimate of drug-likeness (QED) is 0.378. The molecule has 2 aromatic rings. The molecule has 2 N–H and O–H groups in total. The number of rotatable bonds is 7. The van der Waals surface area contributed by atoms with Crippen molar-refractivity contribution in [1.82, 2.24) is 20.8 Å². The van der Waals surface area contributed by atoms with E-state index in [0.29, 0.717) is 30.8 Å². The maximum absolute atomic E-state index is 5.93. The number of para-hydroxylation sites is 1. The van der Waals surface area contributed by atoms with E-state index in [0.717, 1.165) is 23.8 Å². The first-order valence-corrected chi connectivity index (χ1v) is 8.19. The van der Waals surface area contributed by atoms with Crippen LogP contribution in [0.2, 0.25) is 0 Å². The maximum Gasteiger partial charge on any atom is 0.246 e. The Morgan fingerprint density at radius 1 is 1.28 bits per heavy atom. The van der Waals surface area contributed by atoms with Crippen molar-refractivity contribution in [3.63, 3.8) is 0 Å². The van der Waals surface area contributed by atoms with E-state index in [1.54, 1.807) is 14.0 Å². The van der Waals surface area contributed by atoms with Crippen molar-refractivity contribution in [2.45, 2.75) is 32.9 Å². The SMILES string of the molecule is CN=C(NCc1nc(C)no1)NCc1ccccc1OCC1CC1.I. The van der Waals surface area contributed by atoms with Gasteiger partial charge in [-0.1, -0.05) is 23.4 Å². The molecule has 1 saturated carbocycles. The van der Waals surface area contributed by atoms with Gasteiger partial charge in [-0.15, -0.1) is 24.0 Å². The second-order valence-electron chi connectivity index (χ2n) is 5.88. The zero-order valence-corrected chi connectivity index (χ0v) is 16.8. The van der Waals surface area contributed by atoms with E-state index in [9.17, 15) is 0 Å². The number of aliphatic imine (C=N–C) groups is 1. The summed E-state index contributed by atoms with van der Waals surface area (Å²) in [4.78, 5) is 8.36. The van der Waals surface area contributed by atoms with Crippen LogP contribution in [0.4, 0.5) is 0 Å². The molecule has 0 unspecified atom stereocenters. The number of aromatic nitrogens is 2. The van der Waals surface area contributed by atoms with E-state index in [1.807, 2.05) is 18.2 Å². The van der Waals surface area contributed by atoms with E-state index in [1.165, 1.54) is 12.8 Å². The Hall–Kier alpha value is -1.84. The van der Waals surface area contributed by atoms with E-state index in [-0.39, 0.29) is 24.0 Å². The van der Waals surface area contributed by atoms with Gasteiger partial charge in [-0.2, -0.15) is 4.98 Å². The van der Waals surface area contributed by atoms with Crippen LogP contribution < -0.4 is 15.4 Å².